The van der Waals surface area contributed by atoms with Gasteiger partial charge in [0.1, 0.15) is 22.7 Å². The molecule has 8 nitrogen and oxygen atoms in total. The van der Waals surface area contributed by atoms with Crippen molar-refractivity contribution in [2.75, 3.05) is 25.3 Å². The molecule has 0 spiro atoms. The van der Waals surface area contributed by atoms with Crippen LogP contribution in [0.3, 0.4) is 0 Å². The molecule has 33 heavy (non-hydrogen) atoms. The van der Waals surface area contributed by atoms with Crippen molar-refractivity contribution in [1.29, 1.82) is 0 Å². The summed E-state index contributed by atoms with van der Waals surface area (Å²) in [6.07, 6.45) is 1.70. The first kappa shape index (κ1) is 21.2. The summed E-state index contributed by atoms with van der Waals surface area (Å²) in [5.41, 5.74) is 3.49. The van der Waals surface area contributed by atoms with Crippen LogP contribution in [0.2, 0.25) is 0 Å². The SMILES string of the molecule is COc1cc(NC(=O)CSc2nnc3c4c(-c5ccccc5)csc4ncn23)cc(OC)c1. The molecule has 0 radical (unpaired) electrons. The zero-order valence-corrected chi connectivity index (χ0v) is 19.4. The van der Waals surface area contributed by atoms with Crippen molar-refractivity contribution in [2.45, 2.75) is 5.16 Å². The number of thioether (sulfide) groups is 1. The number of hydrogen-bond donors (Lipinski definition) is 1. The lowest BCUT2D eigenvalue weighted by molar-refractivity contribution is -0.113. The summed E-state index contributed by atoms with van der Waals surface area (Å²) in [6, 6.07) is 15.4. The molecule has 0 aliphatic rings. The van der Waals surface area contributed by atoms with Crippen LogP contribution >= 0.6 is 23.1 Å². The number of anilines is 1. The van der Waals surface area contributed by atoms with Gasteiger partial charge in [-0.05, 0) is 5.56 Å². The number of benzene rings is 2. The van der Waals surface area contributed by atoms with Crippen LogP contribution in [0.5, 0.6) is 11.5 Å². The minimum atomic E-state index is -0.179. The Labute approximate surface area is 197 Å². The predicted octanol–water partition coefficient (Wildman–Crippen LogP) is 4.75. The summed E-state index contributed by atoms with van der Waals surface area (Å²) in [7, 11) is 3.13. The van der Waals surface area contributed by atoms with E-state index < -0.39 is 0 Å². The molecule has 10 heteroatoms. The highest BCUT2D eigenvalue weighted by Gasteiger charge is 2.17. The summed E-state index contributed by atoms with van der Waals surface area (Å²) in [6.45, 7) is 0. The molecular weight excluding hydrogens is 458 g/mol. The summed E-state index contributed by atoms with van der Waals surface area (Å²) < 4.78 is 12.3. The molecule has 3 heterocycles. The van der Waals surface area contributed by atoms with E-state index in [2.05, 4.69) is 38.0 Å². The molecule has 0 unspecified atom stereocenters. The molecule has 166 valence electrons. The lowest BCUT2D eigenvalue weighted by Gasteiger charge is -2.09. The summed E-state index contributed by atoms with van der Waals surface area (Å²) in [5, 5.41) is 15.2. The Bertz CT molecular complexity index is 1430. The number of rotatable bonds is 7. The zero-order chi connectivity index (χ0) is 22.8. The molecular formula is C23H19N5O3S2. The number of carbonyl (C=O) groups is 1. The van der Waals surface area contributed by atoms with E-state index in [9.17, 15) is 4.79 Å². The quantitative estimate of drug-likeness (QED) is 0.338. The lowest BCUT2D eigenvalue weighted by atomic mass is 10.1. The molecule has 3 aromatic heterocycles. The Morgan fingerprint density at radius 2 is 1.85 bits per heavy atom. The molecule has 1 amide bonds. The van der Waals surface area contributed by atoms with E-state index in [1.165, 1.54) is 11.8 Å². The van der Waals surface area contributed by atoms with Crippen molar-refractivity contribution < 1.29 is 14.3 Å². The van der Waals surface area contributed by atoms with Crippen LogP contribution in [0.15, 0.2) is 65.4 Å². The smallest absolute Gasteiger partial charge is 0.234 e. The van der Waals surface area contributed by atoms with Gasteiger partial charge < -0.3 is 14.8 Å². The lowest BCUT2D eigenvalue weighted by Crippen LogP contribution is -2.14. The Morgan fingerprint density at radius 1 is 1.09 bits per heavy atom. The van der Waals surface area contributed by atoms with Gasteiger partial charge in [0.25, 0.3) is 0 Å². The van der Waals surface area contributed by atoms with Gasteiger partial charge in [0, 0.05) is 34.8 Å². The third-order valence-corrected chi connectivity index (χ3v) is 6.83. The Kier molecular flexibility index (Phi) is 5.84. The number of aromatic nitrogens is 4. The third-order valence-electron chi connectivity index (χ3n) is 5.00. The normalized spacial score (nSPS) is 11.1. The van der Waals surface area contributed by atoms with E-state index >= 15 is 0 Å². The fraction of sp³-hybridized carbons (Fsp3) is 0.130. The second-order valence-electron chi connectivity index (χ2n) is 7.05. The molecule has 2 aromatic carbocycles. The molecule has 5 rings (SSSR count). The Balaban J connectivity index is 1.37. The summed E-state index contributed by atoms with van der Waals surface area (Å²) >= 11 is 2.87. The first-order valence-electron chi connectivity index (χ1n) is 9.98. The Hall–Kier alpha value is -3.63. The van der Waals surface area contributed by atoms with E-state index in [0.29, 0.717) is 22.3 Å². The molecule has 5 aromatic rings. The van der Waals surface area contributed by atoms with Gasteiger partial charge in [-0.3, -0.25) is 9.20 Å². The van der Waals surface area contributed by atoms with Gasteiger partial charge in [-0.2, -0.15) is 0 Å². The van der Waals surface area contributed by atoms with Crippen LogP contribution in [0.1, 0.15) is 0 Å². The number of carbonyl (C=O) groups excluding carboxylic acids is 1. The molecule has 1 N–H and O–H groups in total. The average Bonchev–Trinajstić information content (AvgIpc) is 3.47. The maximum atomic E-state index is 12.6. The number of hydrogen-bond acceptors (Lipinski definition) is 8. The van der Waals surface area contributed by atoms with Crippen molar-refractivity contribution in [3.63, 3.8) is 0 Å². The van der Waals surface area contributed by atoms with Crippen molar-refractivity contribution in [2.24, 2.45) is 0 Å². The number of nitrogens with zero attached hydrogens (tertiary/aromatic N) is 4. The summed E-state index contributed by atoms with van der Waals surface area (Å²) in [5.74, 6) is 1.18. The molecule has 0 atom stereocenters. The number of amides is 1. The maximum Gasteiger partial charge on any atom is 0.234 e. The van der Waals surface area contributed by atoms with Gasteiger partial charge in [-0.15, -0.1) is 21.5 Å². The highest BCUT2D eigenvalue weighted by Crippen LogP contribution is 2.35. The Morgan fingerprint density at radius 3 is 2.58 bits per heavy atom. The minimum absolute atomic E-state index is 0.160. The van der Waals surface area contributed by atoms with Gasteiger partial charge in [0.05, 0.1) is 25.4 Å². The number of methoxy groups -OCH3 is 2. The fourth-order valence-corrected chi connectivity index (χ4v) is 5.07. The van der Waals surface area contributed by atoms with E-state index in [-0.39, 0.29) is 11.7 Å². The van der Waals surface area contributed by atoms with Crippen molar-refractivity contribution in [3.8, 4) is 22.6 Å². The maximum absolute atomic E-state index is 12.6. The molecule has 0 saturated heterocycles. The standard InChI is InChI=1S/C23H19N5O3S2/c1-30-16-8-15(9-17(10-16)31-2)25-19(29)12-33-23-27-26-21-20-18(14-6-4-3-5-7-14)11-32-22(20)24-13-28(21)23/h3-11,13H,12H2,1-2H3,(H,25,29). The highest BCUT2D eigenvalue weighted by atomic mass is 32.2. The first-order chi connectivity index (χ1) is 16.2. The van der Waals surface area contributed by atoms with Crippen LogP contribution in [-0.4, -0.2) is 45.5 Å². The van der Waals surface area contributed by atoms with Crippen molar-refractivity contribution in [1.82, 2.24) is 19.6 Å². The van der Waals surface area contributed by atoms with Crippen LogP contribution in [0.25, 0.3) is 27.0 Å². The van der Waals surface area contributed by atoms with E-state index in [4.69, 9.17) is 9.47 Å². The van der Waals surface area contributed by atoms with Crippen molar-refractivity contribution in [3.05, 3.63) is 60.2 Å². The molecule has 0 fully saturated rings. The van der Waals surface area contributed by atoms with Crippen LogP contribution < -0.4 is 14.8 Å². The average molecular weight is 478 g/mol. The number of ether oxygens (including phenoxy) is 2. The van der Waals surface area contributed by atoms with Crippen LogP contribution in [-0.2, 0) is 4.79 Å². The topological polar surface area (TPSA) is 90.6 Å². The van der Waals surface area contributed by atoms with E-state index in [1.807, 2.05) is 22.6 Å². The second-order valence-corrected chi connectivity index (χ2v) is 8.86. The van der Waals surface area contributed by atoms with Crippen LogP contribution in [0.4, 0.5) is 5.69 Å². The highest BCUT2D eigenvalue weighted by molar-refractivity contribution is 7.99. The number of fused-ring (bicyclic) bond motifs is 3. The van der Waals surface area contributed by atoms with E-state index in [1.54, 1.807) is 50.1 Å². The second kappa shape index (κ2) is 9.08. The van der Waals surface area contributed by atoms with Gasteiger partial charge in [-0.25, -0.2) is 4.98 Å². The third kappa shape index (κ3) is 4.22. The summed E-state index contributed by atoms with van der Waals surface area (Å²) in [4.78, 5) is 18.0. The monoisotopic (exact) mass is 477 g/mol. The van der Waals surface area contributed by atoms with Gasteiger partial charge >= 0.3 is 0 Å². The van der Waals surface area contributed by atoms with Gasteiger partial charge in [-0.1, -0.05) is 42.1 Å². The molecule has 0 aliphatic carbocycles. The number of nitrogens with one attached hydrogen (secondary N) is 1. The predicted molar refractivity (Wildman–Crippen MR) is 131 cm³/mol. The minimum Gasteiger partial charge on any atom is -0.497 e. The first-order valence-corrected chi connectivity index (χ1v) is 11.8. The van der Waals surface area contributed by atoms with Gasteiger partial charge in [0.2, 0.25) is 5.91 Å². The largest absolute Gasteiger partial charge is 0.497 e. The van der Waals surface area contributed by atoms with E-state index in [0.717, 1.165) is 27.0 Å². The van der Waals surface area contributed by atoms with Crippen molar-refractivity contribution >= 4 is 50.6 Å². The number of thiophene rings is 1. The van der Waals surface area contributed by atoms with Gasteiger partial charge in [0.15, 0.2) is 10.8 Å². The molecule has 0 bridgehead atoms. The molecule has 0 saturated carbocycles. The molecule has 0 aliphatic heterocycles. The fourth-order valence-electron chi connectivity index (χ4n) is 3.46. The van der Waals surface area contributed by atoms with Crippen LogP contribution in [0, 0.1) is 0 Å². The zero-order valence-electron chi connectivity index (χ0n) is 17.8.